The van der Waals surface area contributed by atoms with Crippen molar-refractivity contribution < 1.29 is 19.9 Å². The molecule has 0 spiro atoms. The fourth-order valence-corrected chi connectivity index (χ4v) is 1.28. The van der Waals surface area contributed by atoms with Crippen molar-refractivity contribution in [2.75, 3.05) is 0 Å². The Kier molecular flexibility index (Phi) is 7.69. The molecule has 0 aliphatic heterocycles. The summed E-state index contributed by atoms with van der Waals surface area (Å²) in [5, 5.41) is 17.0. The first-order valence-electron chi connectivity index (χ1n) is 5.93. The van der Waals surface area contributed by atoms with Crippen molar-refractivity contribution in [3.8, 4) is 5.75 Å². The van der Waals surface area contributed by atoms with Gasteiger partial charge < -0.3 is 10.8 Å². The van der Waals surface area contributed by atoms with Gasteiger partial charge in [-0.2, -0.15) is 0 Å². The lowest BCUT2D eigenvalue weighted by Gasteiger charge is -2.04. The van der Waals surface area contributed by atoms with Gasteiger partial charge in [-0.25, -0.2) is 10.3 Å². The first kappa shape index (κ1) is 17.7. The highest BCUT2D eigenvalue weighted by atomic mass is 16.5. The Morgan fingerprint density at radius 2 is 1.85 bits per heavy atom. The molecule has 0 aliphatic rings. The number of rotatable bonds is 3. The lowest BCUT2D eigenvalue weighted by atomic mass is 10.0. The third-order valence-electron chi connectivity index (χ3n) is 2.33. The van der Waals surface area contributed by atoms with E-state index in [1.54, 1.807) is 18.2 Å². The molecular formula is C14H20N2O4. The lowest BCUT2D eigenvalue weighted by molar-refractivity contribution is 0.101. The second kappa shape index (κ2) is 8.71. The number of hydrogen-bond donors (Lipinski definition) is 4. The highest BCUT2D eigenvalue weighted by Crippen LogP contribution is 2.20. The van der Waals surface area contributed by atoms with E-state index in [1.165, 1.54) is 18.0 Å². The van der Waals surface area contributed by atoms with Crippen LogP contribution in [0.2, 0.25) is 0 Å². The largest absolute Gasteiger partial charge is 0.508 e. The van der Waals surface area contributed by atoms with Crippen molar-refractivity contribution in [3.05, 3.63) is 41.0 Å². The molecule has 5 N–H and O–H groups in total. The Morgan fingerprint density at radius 1 is 1.30 bits per heavy atom. The Hall–Kier alpha value is -2.34. The van der Waals surface area contributed by atoms with Crippen molar-refractivity contribution in [2.24, 2.45) is 5.73 Å². The first-order chi connectivity index (χ1) is 9.27. The number of carbonyl (C=O) groups excluding carboxylic acids is 2. The third-order valence-corrected chi connectivity index (χ3v) is 2.33. The maximum Gasteiger partial charge on any atom is 0.335 e. The van der Waals surface area contributed by atoms with Gasteiger partial charge >= 0.3 is 6.03 Å². The zero-order valence-electron chi connectivity index (χ0n) is 11.8. The van der Waals surface area contributed by atoms with Crippen LogP contribution in [0.15, 0.2) is 29.8 Å². The molecule has 0 aliphatic carbocycles. The fourth-order valence-electron chi connectivity index (χ4n) is 1.28. The number of nitrogens with one attached hydrogen (secondary N) is 1. The zero-order valence-corrected chi connectivity index (χ0v) is 11.8. The fraction of sp³-hybridized carbons (Fsp3) is 0.286. The summed E-state index contributed by atoms with van der Waals surface area (Å²) in [6.07, 6.45) is 2.69. The molecule has 1 aromatic carbocycles. The summed E-state index contributed by atoms with van der Waals surface area (Å²) in [6, 6.07) is 4.02. The zero-order chi connectivity index (χ0) is 15.7. The van der Waals surface area contributed by atoms with Crippen molar-refractivity contribution in [3.63, 3.8) is 0 Å². The maximum absolute atomic E-state index is 11.1. The molecule has 0 heterocycles. The quantitative estimate of drug-likeness (QED) is 0.294. The van der Waals surface area contributed by atoms with Crippen LogP contribution in [-0.2, 0) is 6.42 Å². The van der Waals surface area contributed by atoms with E-state index in [1.807, 2.05) is 19.9 Å². The Bertz CT molecular complexity index is 506. The van der Waals surface area contributed by atoms with Gasteiger partial charge in [-0.05, 0) is 51.0 Å². The summed E-state index contributed by atoms with van der Waals surface area (Å²) in [4.78, 5) is 20.4. The monoisotopic (exact) mass is 280 g/mol. The standard InChI is InChI=1S/C13H16O2.CH4N2O2/c1-9(2)4-5-12-8-11(10(3)14)6-7-13(12)15;2-1(4)3-5/h4,6-8,15H,5H2,1-3H3;5H,(H3,2,3,4). The average molecular weight is 280 g/mol. The maximum atomic E-state index is 11.1. The van der Waals surface area contributed by atoms with Gasteiger partial charge in [-0.15, -0.1) is 0 Å². The van der Waals surface area contributed by atoms with Crippen molar-refractivity contribution in [1.29, 1.82) is 0 Å². The van der Waals surface area contributed by atoms with Crippen molar-refractivity contribution >= 4 is 11.8 Å². The molecule has 2 amide bonds. The van der Waals surface area contributed by atoms with Crippen molar-refractivity contribution in [2.45, 2.75) is 27.2 Å². The summed E-state index contributed by atoms with van der Waals surface area (Å²) < 4.78 is 0. The number of hydrogen-bond acceptors (Lipinski definition) is 4. The van der Waals surface area contributed by atoms with Gasteiger partial charge in [-0.1, -0.05) is 11.6 Å². The lowest BCUT2D eigenvalue weighted by Crippen LogP contribution is -2.25. The smallest absolute Gasteiger partial charge is 0.335 e. The van der Waals surface area contributed by atoms with E-state index in [2.05, 4.69) is 5.73 Å². The SMILES string of the molecule is CC(=O)c1ccc(O)c(CC=C(C)C)c1.NC(=O)NO. The first-order valence-corrected chi connectivity index (χ1v) is 5.93. The average Bonchev–Trinajstić information content (AvgIpc) is 2.38. The highest BCUT2D eigenvalue weighted by molar-refractivity contribution is 5.94. The number of allylic oxidation sites excluding steroid dienone is 2. The molecule has 110 valence electrons. The Labute approximate surface area is 117 Å². The van der Waals surface area contributed by atoms with Gasteiger partial charge in [0.2, 0.25) is 0 Å². The Morgan fingerprint density at radius 3 is 2.25 bits per heavy atom. The molecule has 0 fully saturated rings. The van der Waals surface area contributed by atoms with Crippen molar-refractivity contribution in [1.82, 2.24) is 5.48 Å². The molecule has 0 bridgehead atoms. The van der Waals surface area contributed by atoms with Crippen LogP contribution in [0.5, 0.6) is 5.75 Å². The second-order valence-electron chi connectivity index (χ2n) is 4.36. The molecule has 0 atom stereocenters. The molecule has 0 aromatic heterocycles. The van der Waals surface area contributed by atoms with E-state index in [9.17, 15) is 14.7 Å². The molecule has 6 nitrogen and oxygen atoms in total. The number of urea groups is 1. The number of phenols is 1. The molecule has 1 rings (SSSR count). The topological polar surface area (TPSA) is 113 Å². The van der Waals surface area contributed by atoms with E-state index < -0.39 is 6.03 Å². The van der Waals surface area contributed by atoms with Gasteiger partial charge in [0.15, 0.2) is 5.78 Å². The van der Waals surface area contributed by atoms with Crippen LogP contribution in [-0.4, -0.2) is 22.1 Å². The van der Waals surface area contributed by atoms with Crippen LogP contribution >= 0.6 is 0 Å². The van der Waals surface area contributed by atoms with Gasteiger partial charge in [0, 0.05) is 5.56 Å². The summed E-state index contributed by atoms with van der Waals surface area (Å²) in [6.45, 7) is 5.54. The molecule has 0 radical (unpaired) electrons. The van der Waals surface area contributed by atoms with E-state index in [0.717, 1.165) is 5.56 Å². The number of primary amides is 1. The van der Waals surface area contributed by atoms with E-state index in [-0.39, 0.29) is 11.5 Å². The number of nitrogens with two attached hydrogens (primary N) is 1. The summed E-state index contributed by atoms with van der Waals surface area (Å²) in [5.74, 6) is 0.269. The summed E-state index contributed by atoms with van der Waals surface area (Å²) in [5.41, 5.74) is 8.09. The predicted molar refractivity (Wildman–Crippen MR) is 75.8 cm³/mol. The highest BCUT2D eigenvalue weighted by Gasteiger charge is 2.04. The van der Waals surface area contributed by atoms with E-state index in [0.29, 0.717) is 12.0 Å². The van der Waals surface area contributed by atoms with Gasteiger partial charge in [0.25, 0.3) is 0 Å². The minimum Gasteiger partial charge on any atom is -0.508 e. The van der Waals surface area contributed by atoms with E-state index in [4.69, 9.17) is 5.21 Å². The third kappa shape index (κ3) is 7.17. The Balaban J connectivity index is 0.000000621. The molecule has 0 saturated heterocycles. The molecule has 0 unspecified atom stereocenters. The van der Waals surface area contributed by atoms with Crippen LogP contribution in [0.3, 0.4) is 0 Å². The number of amides is 2. The number of benzene rings is 1. The van der Waals surface area contributed by atoms with Crippen LogP contribution < -0.4 is 11.2 Å². The molecular weight excluding hydrogens is 260 g/mol. The van der Waals surface area contributed by atoms with Gasteiger partial charge in [0.05, 0.1) is 0 Å². The molecule has 0 saturated carbocycles. The van der Waals surface area contributed by atoms with Crippen LogP contribution in [0.4, 0.5) is 4.79 Å². The molecule has 1 aromatic rings. The number of hydroxylamine groups is 1. The van der Waals surface area contributed by atoms with Gasteiger partial charge in [0.1, 0.15) is 5.75 Å². The minimum atomic E-state index is -0.940. The minimum absolute atomic E-state index is 0.0217. The second-order valence-corrected chi connectivity index (χ2v) is 4.36. The van der Waals surface area contributed by atoms with Crippen LogP contribution in [0.1, 0.15) is 36.7 Å². The van der Waals surface area contributed by atoms with E-state index >= 15 is 0 Å². The van der Waals surface area contributed by atoms with Gasteiger partial charge in [-0.3, -0.25) is 10.0 Å². The predicted octanol–water partition coefficient (Wildman–Crippen LogP) is 2.15. The molecule has 6 heteroatoms. The summed E-state index contributed by atoms with van der Waals surface area (Å²) >= 11 is 0. The number of carbonyl (C=O) groups is 2. The number of ketones is 1. The normalized spacial score (nSPS) is 9.00. The molecule has 20 heavy (non-hydrogen) atoms. The van der Waals surface area contributed by atoms with Crippen LogP contribution in [0, 0.1) is 0 Å². The number of phenolic OH excluding ortho intramolecular Hbond substituents is 1. The number of Topliss-reactive ketones (excluding diaryl/α,β-unsaturated/α-hetero) is 1. The summed E-state index contributed by atoms with van der Waals surface area (Å²) in [7, 11) is 0. The van der Waals surface area contributed by atoms with Crippen LogP contribution in [0.25, 0.3) is 0 Å². The number of aromatic hydroxyl groups is 1.